The largest absolute Gasteiger partial charge is 0.550 e. The second kappa shape index (κ2) is 3.80. The zero-order chi connectivity index (χ0) is 9.97. The monoisotopic (exact) mass is 191 g/mol. The molecule has 1 aromatic carbocycles. The lowest BCUT2D eigenvalue weighted by Gasteiger charge is -2.26. The van der Waals surface area contributed by atoms with Crippen molar-refractivity contribution in [1.29, 1.82) is 0 Å². The Labute approximate surface area is 82.3 Å². The minimum Gasteiger partial charge on any atom is -0.550 e. The highest BCUT2D eigenvalue weighted by molar-refractivity contribution is 5.65. The highest BCUT2D eigenvalue weighted by atomic mass is 16.5. The van der Waals surface area contributed by atoms with Gasteiger partial charge >= 0.3 is 0 Å². The zero-order valence-electron chi connectivity index (χ0n) is 7.73. The normalized spacial score (nSPS) is 20.1. The number of hydrogen-bond donors (Lipinski definition) is 0. The van der Waals surface area contributed by atoms with Crippen molar-refractivity contribution in [3.63, 3.8) is 0 Å². The maximum atomic E-state index is 10.5. The van der Waals surface area contributed by atoms with E-state index in [-0.39, 0.29) is 12.5 Å². The highest BCUT2D eigenvalue weighted by Crippen LogP contribution is 2.28. The van der Waals surface area contributed by atoms with E-state index in [4.69, 9.17) is 4.74 Å². The van der Waals surface area contributed by atoms with E-state index in [1.807, 2.05) is 24.3 Å². The van der Waals surface area contributed by atoms with Crippen LogP contribution in [0.4, 0.5) is 0 Å². The molecule has 1 atom stereocenters. The topological polar surface area (TPSA) is 49.4 Å². The maximum Gasteiger partial charge on any atom is 0.0879 e. The van der Waals surface area contributed by atoms with Crippen LogP contribution in [-0.4, -0.2) is 12.6 Å². The summed E-state index contributed by atoms with van der Waals surface area (Å²) in [7, 11) is 0. The van der Waals surface area contributed by atoms with E-state index in [1.165, 1.54) is 5.56 Å². The Morgan fingerprint density at radius 1 is 1.50 bits per heavy atom. The van der Waals surface area contributed by atoms with Crippen molar-refractivity contribution >= 4 is 5.97 Å². The van der Waals surface area contributed by atoms with E-state index < -0.39 is 5.97 Å². The lowest BCUT2D eigenvalue weighted by Crippen LogP contribution is -2.27. The van der Waals surface area contributed by atoms with Gasteiger partial charge in [0.2, 0.25) is 0 Å². The Hall–Kier alpha value is -1.35. The zero-order valence-corrected chi connectivity index (χ0v) is 7.73. The number of carboxylic acid groups (broad SMARTS) is 1. The second-order valence-electron chi connectivity index (χ2n) is 3.38. The molecule has 0 aromatic heterocycles. The third kappa shape index (κ3) is 1.77. The SMILES string of the molecule is O=C([O-])CC1OCCc2ccccc21. The predicted octanol–water partition coefficient (Wildman–Crippen LogP) is 0.440. The fourth-order valence-electron chi connectivity index (χ4n) is 1.80. The van der Waals surface area contributed by atoms with Gasteiger partial charge in [-0.1, -0.05) is 24.3 Å². The third-order valence-electron chi connectivity index (χ3n) is 2.44. The first kappa shape index (κ1) is 9.21. The highest BCUT2D eigenvalue weighted by Gasteiger charge is 2.19. The summed E-state index contributed by atoms with van der Waals surface area (Å²) >= 11 is 0. The molecule has 0 bridgehead atoms. The van der Waals surface area contributed by atoms with Crippen molar-refractivity contribution in [3.05, 3.63) is 35.4 Å². The predicted molar refractivity (Wildman–Crippen MR) is 48.5 cm³/mol. The van der Waals surface area contributed by atoms with Crippen molar-refractivity contribution in [2.75, 3.05) is 6.61 Å². The minimum absolute atomic E-state index is 0.0585. The van der Waals surface area contributed by atoms with Crippen LogP contribution < -0.4 is 5.11 Å². The third-order valence-corrected chi connectivity index (χ3v) is 2.44. The number of carbonyl (C=O) groups is 1. The van der Waals surface area contributed by atoms with Crippen molar-refractivity contribution in [2.24, 2.45) is 0 Å². The number of carboxylic acids is 1. The fourth-order valence-corrected chi connectivity index (χ4v) is 1.80. The summed E-state index contributed by atoms with van der Waals surface area (Å²) in [5.74, 6) is -1.06. The summed E-state index contributed by atoms with van der Waals surface area (Å²) in [5, 5.41) is 10.5. The van der Waals surface area contributed by atoms with Crippen LogP contribution in [0.2, 0.25) is 0 Å². The molecule has 0 fully saturated rings. The fraction of sp³-hybridized carbons (Fsp3) is 0.364. The van der Waals surface area contributed by atoms with Gasteiger partial charge in [0.05, 0.1) is 12.7 Å². The molecule has 0 spiro atoms. The number of ether oxygens (including phenoxy) is 1. The van der Waals surface area contributed by atoms with Crippen molar-refractivity contribution in [1.82, 2.24) is 0 Å². The van der Waals surface area contributed by atoms with Gasteiger partial charge < -0.3 is 14.6 Å². The lowest BCUT2D eigenvalue weighted by molar-refractivity contribution is -0.308. The quantitative estimate of drug-likeness (QED) is 0.681. The second-order valence-corrected chi connectivity index (χ2v) is 3.38. The van der Waals surface area contributed by atoms with E-state index >= 15 is 0 Å². The first-order valence-corrected chi connectivity index (χ1v) is 4.66. The van der Waals surface area contributed by atoms with Crippen molar-refractivity contribution < 1.29 is 14.6 Å². The number of carbonyl (C=O) groups excluding carboxylic acids is 1. The number of aliphatic carboxylic acids is 1. The van der Waals surface area contributed by atoms with Crippen LogP contribution in [0.5, 0.6) is 0 Å². The number of benzene rings is 1. The van der Waals surface area contributed by atoms with Crippen LogP contribution in [0, 0.1) is 0 Å². The molecule has 14 heavy (non-hydrogen) atoms. The van der Waals surface area contributed by atoms with Gasteiger partial charge in [-0.3, -0.25) is 0 Å². The van der Waals surface area contributed by atoms with Gasteiger partial charge in [-0.25, -0.2) is 0 Å². The Morgan fingerprint density at radius 2 is 2.29 bits per heavy atom. The number of fused-ring (bicyclic) bond motifs is 1. The Bertz CT molecular complexity index is 346. The maximum absolute atomic E-state index is 10.5. The molecule has 0 aliphatic carbocycles. The smallest absolute Gasteiger partial charge is 0.0879 e. The van der Waals surface area contributed by atoms with E-state index in [0.29, 0.717) is 6.61 Å². The Kier molecular flexibility index (Phi) is 2.50. The van der Waals surface area contributed by atoms with Crippen LogP contribution in [0.25, 0.3) is 0 Å². The summed E-state index contributed by atoms with van der Waals surface area (Å²) < 4.78 is 5.39. The van der Waals surface area contributed by atoms with Crippen LogP contribution in [-0.2, 0) is 16.0 Å². The number of hydrogen-bond acceptors (Lipinski definition) is 3. The minimum atomic E-state index is -1.06. The van der Waals surface area contributed by atoms with Gasteiger partial charge in [0.1, 0.15) is 0 Å². The van der Waals surface area contributed by atoms with Crippen molar-refractivity contribution in [3.8, 4) is 0 Å². The van der Waals surface area contributed by atoms with E-state index in [2.05, 4.69) is 0 Å². The first-order chi connectivity index (χ1) is 6.77. The molecular formula is C11H11O3-. The molecule has 1 aromatic rings. The first-order valence-electron chi connectivity index (χ1n) is 4.66. The van der Waals surface area contributed by atoms with Gasteiger partial charge in [-0.05, 0) is 17.5 Å². The van der Waals surface area contributed by atoms with Crippen LogP contribution in [0.15, 0.2) is 24.3 Å². The Balaban J connectivity index is 2.26. The molecule has 0 amide bonds. The van der Waals surface area contributed by atoms with Crippen LogP contribution >= 0.6 is 0 Å². The molecule has 0 N–H and O–H groups in total. The average Bonchev–Trinajstić information content (AvgIpc) is 2.18. The molecule has 3 heteroatoms. The average molecular weight is 191 g/mol. The molecule has 3 nitrogen and oxygen atoms in total. The summed E-state index contributed by atoms with van der Waals surface area (Å²) in [5.41, 5.74) is 2.17. The number of rotatable bonds is 2. The Morgan fingerprint density at radius 3 is 3.07 bits per heavy atom. The molecule has 1 aliphatic rings. The van der Waals surface area contributed by atoms with Gasteiger partial charge in [-0.2, -0.15) is 0 Å². The molecule has 0 radical (unpaired) electrons. The van der Waals surface area contributed by atoms with Gasteiger partial charge in [-0.15, -0.1) is 0 Å². The summed E-state index contributed by atoms with van der Waals surface area (Å²) in [6.45, 7) is 0.592. The molecule has 0 saturated carbocycles. The van der Waals surface area contributed by atoms with Crippen LogP contribution in [0.3, 0.4) is 0 Å². The van der Waals surface area contributed by atoms with Crippen molar-refractivity contribution in [2.45, 2.75) is 18.9 Å². The molecule has 74 valence electrons. The van der Waals surface area contributed by atoms with Gasteiger partial charge in [0, 0.05) is 12.4 Å². The molecule has 2 rings (SSSR count). The molecular weight excluding hydrogens is 180 g/mol. The summed E-state index contributed by atoms with van der Waals surface area (Å²) in [6, 6.07) is 7.79. The molecule has 1 aliphatic heterocycles. The van der Waals surface area contributed by atoms with E-state index in [9.17, 15) is 9.90 Å². The van der Waals surface area contributed by atoms with Gasteiger partial charge in [0.15, 0.2) is 0 Å². The lowest BCUT2D eigenvalue weighted by atomic mass is 9.96. The molecule has 0 saturated heterocycles. The van der Waals surface area contributed by atoms with E-state index in [1.54, 1.807) is 0 Å². The van der Waals surface area contributed by atoms with Gasteiger partial charge in [0.25, 0.3) is 0 Å². The standard InChI is InChI=1S/C11H12O3/c12-11(13)7-10-9-4-2-1-3-8(9)5-6-14-10/h1-4,10H,5-7H2,(H,12,13)/p-1. The van der Waals surface area contributed by atoms with Crippen LogP contribution in [0.1, 0.15) is 23.7 Å². The summed E-state index contributed by atoms with van der Waals surface area (Å²) in [6.07, 6.45) is 0.474. The molecule has 1 heterocycles. The van der Waals surface area contributed by atoms with E-state index in [0.717, 1.165) is 12.0 Å². The summed E-state index contributed by atoms with van der Waals surface area (Å²) in [4.78, 5) is 10.5. The molecule has 1 unspecified atom stereocenters.